The summed E-state index contributed by atoms with van der Waals surface area (Å²) >= 11 is 5.62. The molecule has 0 saturated heterocycles. The number of ether oxygens (including phenoxy) is 1. The molecule has 0 aromatic carbocycles. The number of carbonyl (C=O) groups excluding carboxylic acids is 1. The summed E-state index contributed by atoms with van der Waals surface area (Å²) in [5.41, 5.74) is 0.00542. The molecule has 1 aromatic heterocycles. The second kappa shape index (κ2) is 4.63. The number of thiol groups is 1. The first-order valence-corrected chi connectivity index (χ1v) is 6.89. The van der Waals surface area contributed by atoms with Gasteiger partial charge in [-0.15, -0.1) is 24.0 Å². The van der Waals surface area contributed by atoms with Crippen LogP contribution in [0.4, 0.5) is 0 Å². The molecule has 1 fully saturated rings. The number of thiophene rings is 1. The van der Waals surface area contributed by atoms with E-state index in [9.17, 15) is 4.79 Å². The molecule has 2 atom stereocenters. The summed E-state index contributed by atoms with van der Waals surface area (Å²) in [6.45, 7) is 4.24. The van der Waals surface area contributed by atoms with Crippen LogP contribution in [0.2, 0.25) is 0 Å². The Balaban J connectivity index is 1.97. The van der Waals surface area contributed by atoms with Gasteiger partial charge in [-0.1, -0.05) is 13.8 Å². The van der Waals surface area contributed by atoms with E-state index in [-0.39, 0.29) is 23.5 Å². The number of hydrogen-bond acceptors (Lipinski definition) is 4. The van der Waals surface area contributed by atoms with Crippen LogP contribution < -0.4 is 5.32 Å². The highest BCUT2D eigenvalue weighted by atomic mass is 32.1. The number of hydrogen-bond donors (Lipinski definition) is 2. The van der Waals surface area contributed by atoms with Crippen LogP contribution >= 0.6 is 24.0 Å². The van der Waals surface area contributed by atoms with Gasteiger partial charge in [0.25, 0.3) is 5.91 Å². The second-order valence-electron chi connectivity index (χ2n) is 4.98. The Bertz CT molecular complexity index is 428. The highest BCUT2D eigenvalue weighted by molar-refractivity contribution is 7.80. The topological polar surface area (TPSA) is 38.3 Å². The van der Waals surface area contributed by atoms with Gasteiger partial charge in [0.1, 0.15) is 0 Å². The van der Waals surface area contributed by atoms with E-state index >= 15 is 0 Å². The highest BCUT2D eigenvalue weighted by Crippen LogP contribution is 2.42. The molecule has 1 amide bonds. The summed E-state index contributed by atoms with van der Waals surface area (Å²) < 4.78 is 5.36. The lowest BCUT2D eigenvalue weighted by atomic mass is 9.64. The van der Waals surface area contributed by atoms with Crippen molar-refractivity contribution in [3.63, 3.8) is 0 Å². The van der Waals surface area contributed by atoms with E-state index in [2.05, 4.69) is 31.8 Å². The van der Waals surface area contributed by atoms with E-state index < -0.39 is 0 Å². The number of methoxy groups -OCH3 is 1. The van der Waals surface area contributed by atoms with Crippen molar-refractivity contribution in [3.05, 3.63) is 16.3 Å². The van der Waals surface area contributed by atoms with Crippen LogP contribution in [0.3, 0.4) is 0 Å². The molecule has 0 spiro atoms. The second-order valence-corrected chi connectivity index (χ2v) is 6.40. The van der Waals surface area contributed by atoms with Crippen LogP contribution in [0.25, 0.3) is 0 Å². The lowest BCUT2D eigenvalue weighted by Crippen LogP contribution is -2.61. The quantitative estimate of drug-likeness (QED) is 0.829. The summed E-state index contributed by atoms with van der Waals surface area (Å²) in [6.07, 6.45) is 1.12. The maximum Gasteiger partial charge on any atom is 0.261 e. The van der Waals surface area contributed by atoms with Crippen molar-refractivity contribution >= 4 is 29.9 Å². The Morgan fingerprint density at radius 2 is 2.35 bits per heavy atom. The van der Waals surface area contributed by atoms with Crippen LogP contribution in [-0.4, -0.2) is 25.2 Å². The number of carbonyl (C=O) groups is 1. The molecule has 2 unspecified atom stereocenters. The van der Waals surface area contributed by atoms with Gasteiger partial charge in [-0.3, -0.25) is 4.79 Å². The van der Waals surface area contributed by atoms with Crippen molar-refractivity contribution in [2.24, 2.45) is 5.41 Å². The lowest BCUT2D eigenvalue weighted by Gasteiger charge is -2.51. The molecule has 1 aliphatic rings. The molecule has 1 N–H and O–H groups in total. The molecule has 0 bridgehead atoms. The van der Waals surface area contributed by atoms with E-state index in [0.717, 1.165) is 11.3 Å². The van der Waals surface area contributed by atoms with Gasteiger partial charge in [0.15, 0.2) is 0 Å². The van der Waals surface area contributed by atoms with Gasteiger partial charge in [-0.2, -0.15) is 0 Å². The number of amides is 1. The smallest absolute Gasteiger partial charge is 0.261 e. The molecule has 94 valence electrons. The van der Waals surface area contributed by atoms with Gasteiger partial charge in [0.05, 0.1) is 11.0 Å². The zero-order valence-electron chi connectivity index (χ0n) is 10.2. The van der Waals surface area contributed by atoms with Crippen molar-refractivity contribution in [1.82, 2.24) is 5.32 Å². The third-order valence-electron chi connectivity index (χ3n) is 3.58. The van der Waals surface area contributed by atoms with Crippen molar-refractivity contribution in [1.29, 1.82) is 0 Å². The van der Waals surface area contributed by atoms with Crippen LogP contribution in [-0.2, 0) is 4.74 Å². The molecular weight excluding hydrogens is 254 g/mol. The minimum atomic E-state index is -0.0112. The minimum Gasteiger partial charge on any atom is -0.381 e. The standard InChI is InChI=1S/C12H17NO2S2/c1-12(2)9(5-10(12)15-3)13-11(14)8-4-7(16)6-17-8/h4,6,9-10,16H,5H2,1-3H3,(H,13,14). The summed E-state index contributed by atoms with van der Waals surface area (Å²) in [5, 5.41) is 4.92. The first-order valence-electron chi connectivity index (χ1n) is 5.56. The molecular formula is C12H17NO2S2. The van der Waals surface area contributed by atoms with E-state index in [1.165, 1.54) is 11.3 Å². The Morgan fingerprint density at radius 1 is 1.65 bits per heavy atom. The van der Waals surface area contributed by atoms with E-state index in [4.69, 9.17) is 4.74 Å². The largest absolute Gasteiger partial charge is 0.381 e. The minimum absolute atomic E-state index is 0.00542. The molecule has 1 aliphatic carbocycles. The summed E-state index contributed by atoms with van der Waals surface area (Å²) in [7, 11) is 1.72. The van der Waals surface area contributed by atoms with E-state index in [0.29, 0.717) is 4.88 Å². The third kappa shape index (κ3) is 2.37. The maximum absolute atomic E-state index is 12.0. The first-order chi connectivity index (χ1) is 7.95. The summed E-state index contributed by atoms with van der Waals surface area (Å²) in [6, 6.07) is 1.98. The van der Waals surface area contributed by atoms with Gasteiger partial charge in [0.2, 0.25) is 0 Å². The zero-order chi connectivity index (χ0) is 12.6. The fourth-order valence-corrected chi connectivity index (χ4v) is 3.26. The van der Waals surface area contributed by atoms with Crippen LogP contribution in [0.15, 0.2) is 16.3 Å². The third-order valence-corrected chi connectivity index (χ3v) is 4.94. The van der Waals surface area contributed by atoms with E-state index in [1.807, 2.05) is 5.38 Å². The van der Waals surface area contributed by atoms with Gasteiger partial charge in [-0.25, -0.2) is 0 Å². The van der Waals surface area contributed by atoms with Gasteiger partial charge in [0, 0.05) is 28.8 Å². The lowest BCUT2D eigenvalue weighted by molar-refractivity contribution is -0.0942. The van der Waals surface area contributed by atoms with Gasteiger partial charge >= 0.3 is 0 Å². The molecule has 1 saturated carbocycles. The van der Waals surface area contributed by atoms with Crippen molar-refractivity contribution in [2.45, 2.75) is 37.3 Å². The molecule has 1 aromatic rings. The number of nitrogens with one attached hydrogen (secondary N) is 1. The highest BCUT2D eigenvalue weighted by Gasteiger charge is 2.49. The van der Waals surface area contributed by atoms with Crippen LogP contribution in [0.5, 0.6) is 0 Å². The van der Waals surface area contributed by atoms with Gasteiger partial charge in [-0.05, 0) is 12.5 Å². The molecule has 3 nitrogen and oxygen atoms in total. The first kappa shape index (κ1) is 12.9. The molecule has 0 aliphatic heterocycles. The zero-order valence-corrected chi connectivity index (χ0v) is 11.9. The van der Waals surface area contributed by atoms with Crippen LogP contribution in [0.1, 0.15) is 29.9 Å². The Labute approximate surface area is 111 Å². The van der Waals surface area contributed by atoms with E-state index in [1.54, 1.807) is 13.2 Å². The SMILES string of the molecule is COC1CC(NC(=O)c2cc(S)cs2)C1(C)C. The summed E-state index contributed by atoms with van der Waals surface area (Å²) in [4.78, 5) is 13.5. The van der Waals surface area contributed by atoms with Crippen LogP contribution in [0, 0.1) is 5.41 Å². The Morgan fingerprint density at radius 3 is 2.82 bits per heavy atom. The Kier molecular flexibility index (Phi) is 3.52. The fraction of sp³-hybridized carbons (Fsp3) is 0.583. The predicted molar refractivity (Wildman–Crippen MR) is 72.0 cm³/mol. The maximum atomic E-state index is 12.0. The number of rotatable bonds is 3. The summed E-state index contributed by atoms with van der Waals surface area (Å²) in [5.74, 6) is -0.0112. The van der Waals surface area contributed by atoms with Gasteiger partial charge < -0.3 is 10.1 Å². The average molecular weight is 271 g/mol. The Hall–Kier alpha value is -0.520. The molecule has 17 heavy (non-hydrogen) atoms. The average Bonchev–Trinajstić information content (AvgIpc) is 2.70. The predicted octanol–water partition coefficient (Wildman–Crippen LogP) is 2.58. The normalized spacial score (nSPS) is 26.4. The molecule has 0 radical (unpaired) electrons. The molecule has 2 rings (SSSR count). The van der Waals surface area contributed by atoms with Crippen molar-refractivity contribution < 1.29 is 9.53 Å². The van der Waals surface area contributed by atoms with Crippen molar-refractivity contribution in [3.8, 4) is 0 Å². The molecule has 5 heteroatoms. The molecule has 1 heterocycles. The fourth-order valence-electron chi connectivity index (χ4n) is 2.21. The monoisotopic (exact) mass is 271 g/mol. The van der Waals surface area contributed by atoms with Crippen molar-refractivity contribution in [2.75, 3.05) is 7.11 Å².